The first-order valence-corrected chi connectivity index (χ1v) is 7.78. The monoisotopic (exact) mass is 254 g/mol. The predicted molar refractivity (Wildman–Crippen MR) is 79.6 cm³/mol. The molecule has 3 unspecified atom stereocenters. The summed E-state index contributed by atoms with van der Waals surface area (Å²) in [5.74, 6) is 1.34. The molecule has 0 aromatic rings. The molecule has 0 heterocycles. The summed E-state index contributed by atoms with van der Waals surface area (Å²) in [7, 11) is 0. The van der Waals surface area contributed by atoms with E-state index in [9.17, 15) is 5.11 Å². The molecule has 0 spiro atoms. The molecule has 3 atom stereocenters. The van der Waals surface area contributed by atoms with Crippen molar-refractivity contribution in [1.29, 1.82) is 0 Å². The highest BCUT2D eigenvalue weighted by Gasteiger charge is 2.34. The molecule has 0 amide bonds. The molecular formula is C17H34O. The van der Waals surface area contributed by atoms with Gasteiger partial charge in [0.1, 0.15) is 0 Å². The molecule has 0 saturated heterocycles. The van der Waals surface area contributed by atoms with Gasteiger partial charge in [0.2, 0.25) is 0 Å². The van der Waals surface area contributed by atoms with Crippen LogP contribution in [0.15, 0.2) is 0 Å². The largest absolute Gasteiger partial charge is 0.393 e. The summed E-state index contributed by atoms with van der Waals surface area (Å²) in [5.41, 5.74) is 0.839. The van der Waals surface area contributed by atoms with Gasteiger partial charge in [-0.3, -0.25) is 0 Å². The van der Waals surface area contributed by atoms with E-state index in [0.717, 1.165) is 12.3 Å². The second-order valence-electron chi connectivity index (χ2n) is 8.66. The zero-order valence-electron chi connectivity index (χ0n) is 13.4. The zero-order chi connectivity index (χ0) is 14.0. The van der Waals surface area contributed by atoms with Crippen LogP contribution in [0.1, 0.15) is 80.1 Å². The average Bonchev–Trinajstić information content (AvgIpc) is 2.17. The highest BCUT2D eigenvalue weighted by Crippen LogP contribution is 2.42. The standard InChI is InChI=1S/C17H34O/c1-16(2,3)11-7-8-13-12-14(17(4,5)6)9-10-15(13)18/h13-15,18H,7-12H2,1-6H3. The van der Waals surface area contributed by atoms with Gasteiger partial charge >= 0.3 is 0 Å². The van der Waals surface area contributed by atoms with E-state index >= 15 is 0 Å². The molecular weight excluding hydrogens is 220 g/mol. The van der Waals surface area contributed by atoms with Gasteiger partial charge in [0.05, 0.1) is 6.10 Å². The molecule has 0 aromatic carbocycles. The normalized spacial score (nSPS) is 30.5. The first kappa shape index (κ1) is 16.0. The van der Waals surface area contributed by atoms with E-state index in [4.69, 9.17) is 0 Å². The van der Waals surface area contributed by atoms with Gasteiger partial charge in [-0.2, -0.15) is 0 Å². The van der Waals surface area contributed by atoms with E-state index < -0.39 is 0 Å². The van der Waals surface area contributed by atoms with Gasteiger partial charge in [-0.05, 0) is 54.8 Å². The van der Waals surface area contributed by atoms with Gasteiger partial charge in [-0.25, -0.2) is 0 Å². The lowest BCUT2D eigenvalue weighted by Crippen LogP contribution is -2.34. The fourth-order valence-electron chi connectivity index (χ4n) is 3.24. The van der Waals surface area contributed by atoms with Crippen LogP contribution in [0.2, 0.25) is 0 Å². The van der Waals surface area contributed by atoms with Crippen LogP contribution in [0.25, 0.3) is 0 Å². The predicted octanol–water partition coefficient (Wildman–Crippen LogP) is 5.03. The van der Waals surface area contributed by atoms with Gasteiger partial charge in [-0.15, -0.1) is 0 Å². The molecule has 1 aliphatic carbocycles. The molecule has 1 saturated carbocycles. The molecule has 0 bridgehead atoms. The molecule has 1 heteroatoms. The van der Waals surface area contributed by atoms with Crippen molar-refractivity contribution in [1.82, 2.24) is 0 Å². The zero-order valence-corrected chi connectivity index (χ0v) is 13.4. The third kappa shape index (κ3) is 5.30. The van der Waals surface area contributed by atoms with Crippen molar-refractivity contribution in [2.75, 3.05) is 0 Å². The van der Waals surface area contributed by atoms with Crippen molar-refractivity contribution in [2.24, 2.45) is 22.7 Å². The highest BCUT2D eigenvalue weighted by atomic mass is 16.3. The number of rotatable bonds is 3. The summed E-state index contributed by atoms with van der Waals surface area (Å²) in [4.78, 5) is 0. The Labute approximate surface area is 114 Å². The van der Waals surface area contributed by atoms with E-state index in [1.54, 1.807) is 0 Å². The molecule has 1 nitrogen and oxygen atoms in total. The van der Waals surface area contributed by atoms with E-state index in [-0.39, 0.29) is 6.10 Å². The van der Waals surface area contributed by atoms with Crippen molar-refractivity contribution >= 4 is 0 Å². The highest BCUT2D eigenvalue weighted by molar-refractivity contribution is 4.85. The average molecular weight is 254 g/mol. The SMILES string of the molecule is CC(C)(C)CCCC1CC(C(C)(C)C)CCC1O. The lowest BCUT2D eigenvalue weighted by Gasteiger charge is -2.40. The van der Waals surface area contributed by atoms with E-state index in [2.05, 4.69) is 41.5 Å². The first-order valence-electron chi connectivity index (χ1n) is 7.78. The van der Waals surface area contributed by atoms with Crippen molar-refractivity contribution in [3.05, 3.63) is 0 Å². The lowest BCUT2D eigenvalue weighted by atomic mass is 9.67. The second kappa shape index (κ2) is 5.94. The molecule has 18 heavy (non-hydrogen) atoms. The van der Waals surface area contributed by atoms with E-state index in [0.29, 0.717) is 16.7 Å². The number of hydrogen-bond acceptors (Lipinski definition) is 1. The lowest BCUT2D eigenvalue weighted by molar-refractivity contribution is 0.0139. The van der Waals surface area contributed by atoms with Crippen molar-refractivity contribution in [3.63, 3.8) is 0 Å². The fourth-order valence-corrected chi connectivity index (χ4v) is 3.24. The smallest absolute Gasteiger partial charge is 0.0568 e. The third-order valence-corrected chi connectivity index (χ3v) is 4.67. The minimum Gasteiger partial charge on any atom is -0.393 e. The topological polar surface area (TPSA) is 20.2 Å². The van der Waals surface area contributed by atoms with Crippen LogP contribution in [-0.2, 0) is 0 Å². The molecule has 1 fully saturated rings. The molecule has 1 N–H and O–H groups in total. The van der Waals surface area contributed by atoms with Gasteiger partial charge in [0.25, 0.3) is 0 Å². The Balaban J connectivity index is 2.43. The van der Waals surface area contributed by atoms with Gasteiger partial charge < -0.3 is 5.11 Å². The summed E-state index contributed by atoms with van der Waals surface area (Å²) in [6.45, 7) is 14.0. The Morgan fingerprint density at radius 1 is 1.00 bits per heavy atom. The van der Waals surface area contributed by atoms with E-state index in [1.165, 1.54) is 32.1 Å². The first-order chi connectivity index (χ1) is 8.09. The summed E-state index contributed by atoms with van der Waals surface area (Å²) in [6.07, 6.45) is 7.17. The maximum atomic E-state index is 10.2. The van der Waals surface area contributed by atoms with Crippen molar-refractivity contribution in [2.45, 2.75) is 86.2 Å². The molecule has 0 radical (unpaired) electrons. The van der Waals surface area contributed by atoms with Crippen LogP contribution in [0.3, 0.4) is 0 Å². The molecule has 1 rings (SSSR count). The van der Waals surface area contributed by atoms with Gasteiger partial charge in [0, 0.05) is 0 Å². The summed E-state index contributed by atoms with van der Waals surface area (Å²) >= 11 is 0. The minimum absolute atomic E-state index is 0.0384. The maximum absolute atomic E-state index is 10.2. The van der Waals surface area contributed by atoms with Crippen LogP contribution >= 0.6 is 0 Å². The Bertz CT molecular complexity index is 243. The van der Waals surface area contributed by atoms with Gasteiger partial charge in [0.15, 0.2) is 0 Å². The summed E-state index contributed by atoms with van der Waals surface area (Å²) < 4.78 is 0. The van der Waals surface area contributed by atoms with Crippen molar-refractivity contribution in [3.8, 4) is 0 Å². The number of aliphatic hydroxyl groups excluding tert-OH is 1. The third-order valence-electron chi connectivity index (χ3n) is 4.67. The van der Waals surface area contributed by atoms with Crippen LogP contribution in [0.5, 0.6) is 0 Å². The summed E-state index contributed by atoms with van der Waals surface area (Å²) in [6, 6.07) is 0. The number of aliphatic hydroxyl groups is 1. The fraction of sp³-hybridized carbons (Fsp3) is 1.00. The summed E-state index contributed by atoms with van der Waals surface area (Å²) in [5, 5.41) is 10.2. The minimum atomic E-state index is -0.0384. The van der Waals surface area contributed by atoms with Crippen LogP contribution in [0.4, 0.5) is 0 Å². The quantitative estimate of drug-likeness (QED) is 0.749. The second-order valence-corrected chi connectivity index (χ2v) is 8.66. The maximum Gasteiger partial charge on any atom is 0.0568 e. The molecule has 0 aliphatic heterocycles. The molecule has 108 valence electrons. The van der Waals surface area contributed by atoms with Crippen LogP contribution in [-0.4, -0.2) is 11.2 Å². The molecule has 0 aromatic heterocycles. The van der Waals surface area contributed by atoms with Crippen LogP contribution < -0.4 is 0 Å². The van der Waals surface area contributed by atoms with E-state index in [1.807, 2.05) is 0 Å². The number of hydrogen-bond donors (Lipinski definition) is 1. The molecule has 1 aliphatic rings. The van der Waals surface area contributed by atoms with Crippen molar-refractivity contribution < 1.29 is 5.11 Å². The van der Waals surface area contributed by atoms with Gasteiger partial charge in [-0.1, -0.05) is 48.0 Å². The Morgan fingerprint density at radius 3 is 2.11 bits per heavy atom. The Kier molecular flexibility index (Phi) is 5.29. The Hall–Kier alpha value is -0.0400. The van der Waals surface area contributed by atoms with Crippen LogP contribution in [0, 0.1) is 22.7 Å². The Morgan fingerprint density at radius 2 is 1.61 bits per heavy atom.